The Hall–Kier alpha value is -1.35. The minimum Gasteiger partial charge on any atom is -0.341 e. The van der Waals surface area contributed by atoms with Gasteiger partial charge in [-0.05, 0) is 28.9 Å². The molecule has 21 heavy (non-hydrogen) atoms. The van der Waals surface area contributed by atoms with E-state index in [1.165, 1.54) is 0 Å². The van der Waals surface area contributed by atoms with Gasteiger partial charge in [-0.25, -0.2) is 0 Å². The van der Waals surface area contributed by atoms with E-state index >= 15 is 0 Å². The summed E-state index contributed by atoms with van der Waals surface area (Å²) < 4.78 is 0. The molecule has 3 heteroatoms. The number of nitrogens with zero attached hydrogens (tertiary/aromatic N) is 1. The first-order valence-electron chi connectivity index (χ1n) is 7.73. The molecule has 0 fully saturated rings. The highest BCUT2D eigenvalue weighted by molar-refractivity contribution is 5.76. The van der Waals surface area contributed by atoms with Gasteiger partial charge in [0.25, 0.3) is 0 Å². The maximum atomic E-state index is 12.3. The molecule has 118 valence electrons. The van der Waals surface area contributed by atoms with E-state index < -0.39 is 0 Å². The van der Waals surface area contributed by atoms with E-state index in [0.717, 1.165) is 17.5 Å². The Labute approximate surface area is 129 Å². The smallest absolute Gasteiger partial charge is 0.222 e. The summed E-state index contributed by atoms with van der Waals surface area (Å²) in [6, 6.07) is 8.05. The summed E-state index contributed by atoms with van der Waals surface area (Å²) in [6.07, 6.45) is 1.67. The predicted octanol–water partition coefficient (Wildman–Crippen LogP) is 3.57. The van der Waals surface area contributed by atoms with Crippen LogP contribution in [0.5, 0.6) is 0 Å². The van der Waals surface area contributed by atoms with E-state index in [2.05, 4.69) is 27.7 Å². The third-order valence-corrected chi connectivity index (χ3v) is 3.66. The van der Waals surface area contributed by atoms with Crippen LogP contribution in [-0.4, -0.2) is 17.9 Å². The molecule has 1 unspecified atom stereocenters. The highest BCUT2D eigenvalue weighted by Gasteiger charge is 2.19. The van der Waals surface area contributed by atoms with Crippen LogP contribution in [0.3, 0.4) is 0 Å². The lowest BCUT2D eigenvalue weighted by atomic mass is 9.84. The Balaban J connectivity index is 2.59. The van der Waals surface area contributed by atoms with E-state index in [1.54, 1.807) is 0 Å². The molecular formula is C18H30N2O. The summed E-state index contributed by atoms with van der Waals surface area (Å²) in [6.45, 7) is 9.96. The molecule has 0 saturated heterocycles. The second-order valence-electron chi connectivity index (χ2n) is 7.30. The Morgan fingerprint density at radius 2 is 1.81 bits per heavy atom. The zero-order chi connectivity index (χ0) is 16.0. The molecule has 2 N–H and O–H groups in total. The summed E-state index contributed by atoms with van der Waals surface area (Å²) in [5.74, 6) is 0.614. The summed E-state index contributed by atoms with van der Waals surface area (Å²) >= 11 is 0. The molecule has 3 nitrogen and oxygen atoms in total. The van der Waals surface area contributed by atoms with Crippen molar-refractivity contribution in [3.8, 4) is 0 Å². The molecule has 1 amide bonds. The van der Waals surface area contributed by atoms with Gasteiger partial charge in [0, 0.05) is 26.6 Å². The third-order valence-electron chi connectivity index (χ3n) is 3.66. The van der Waals surface area contributed by atoms with Gasteiger partial charge < -0.3 is 10.6 Å². The van der Waals surface area contributed by atoms with Crippen molar-refractivity contribution < 1.29 is 4.79 Å². The molecule has 0 aromatic heterocycles. The summed E-state index contributed by atoms with van der Waals surface area (Å²) in [5, 5.41) is 0. The molecule has 1 rings (SSSR count). The molecule has 0 bridgehead atoms. The van der Waals surface area contributed by atoms with E-state index in [1.807, 2.05) is 36.2 Å². The standard InChI is InChI=1S/C18H30N2O/c1-14(11-18(2,3)4)10-17(21)20(5)13-16-9-7-6-8-15(16)12-19/h6-9,14H,10-13,19H2,1-5H3. The first-order valence-corrected chi connectivity index (χ1v) is 7.73. The molecule has 1 atom stereocenters. The number of amides is 1. The van der Waals surface area contributed by atoms with Crippen LogP contribution in [0.2, 0.25) is 0 Å². The Morgan fingerprint density at radius 1 is 1.24 bits per heavy atom. The van der Waals surface area contributed by atoms with Gasteiger partial charge >= 0.3 is 0 Å². The van der Waals surface area contributed by atoms with Crippen LogP contribution in [0.25, 0.3) is 0 Å². The summed E-state index contributed by atoms with van der Waals surface area (Å²) in [4.78, 5) is 14.2. The van der Waals surface area contributed by atoms with E-state index in [4.69, 9.17) is 5.73 Å². The number of carbonyl (C=O) groups is 1. The number of hydrogen-bond acceptors (Lipinski definition) is 2. The largest absolute Gasteiger partial charge is 0.341 e. The molecular weight excluding hydrogens is 260 g/mol. The van der Waals surface area contributed by atoms with Crippen LogP contribution in [0, 0.1) is 11.3 Å². The lowest BCUT2D eigenvalue weighted by Gasteiger charge is -2.25. The molecule has 1 aromatic rings. The number of carbonyl (C=O) groups excluding carboxylic acids is 1. The highest BCUT2D eigenvalue weighted by Crippen LogP contribution is 2.26. The maximum absolute atomic E-state index is 12.3. The van der Waals surface area contributed by atoms with Gasteiger partial charge in [0.15, 0.2) is 0 Å². The Morgan fingerprint density at radius 3 is 2.33 bits per heavy atom. The molecule has 0 aliphatic rings. The van der Waals surface area contributed by atoms with E-state index in [9.17, 15) is 4.79 Å². The lowest BCUT2D eigenvalue weighted by molar-refractivity contribution is -0.131. The summed E-state index contributed by atoms with van der Waals surface area (Å²) in [5.41, 5.74) is 8.27. The molecule has 0 aliphatic carbocycles. The molecule has 1 aromatic carbocycles. The van der Waals surface area contributed by atoms with Crippen molar-refractivity contribution in [2.45, 2.75) is 53.6 Å². The molecule has 0 spiro atoms. The fourth-order valence-corrected chi connectivity index (χ4v) is 2.83. The van der Waals surface area contributed by atoms with Crippen LogP contribution in [0.1, 0.15) is 51.7 Å². The van der Waals surface area contributed by atoms with Crippen molar-refractivity contribution in [1.29, 1.82) is 0 Å². The van der Waals surface area contributed by atoms with Gasteiger partial charge in [-0.1, -0.05) is 52.0 Å². The number of hydrogen-bond donors (Lipinski definition) is 1. The first kappa shape index (κ1) is 17.7. The molecule has 0 radical (unpaired) electrons. The van der Waals surface area contributed by atoms with Gasteiger partial charge in [0.2, 0.25) is 5.91 Å². The van der Waals surface area contributed by atoms with Crippen molar-refractivity contribution in [1.82, 2.24) is 4.90 Å². The normalized spacial score (nSPS) is 13.0. The second kappa shape index (κ2) is 7.60. The average Bonchev–Trinajstić information content (AvgIpc) is 2.36. The third kappa shape index (κ3) is 6.30. The molecule has 0 heterocycles. The zero-order valence-corrected chi connectivity index (χ0v) is 14.1. The van der Waals surface area contributed by atoms with Gasteiger partial charge in [-0.3, -0.25) is 4.79 Å². The van der Waals surface area contributed by atoms with Crippen LogP contribution in [0.15, 0.2) is 24.3 Å². The summed E-state index contributed by atoms with van der Waals surface area (Å²) in [7, 11) is 1.87. The fourth-order valence-electron chi connectivity index (χ4n) is 2.83. The highest BCUT2D eigenvalue weighted by atomic mass is 16.2. The van der Waals surface area contributed by atoms with Crippen LogP contribution in [-0.2, 0) is 17.9 Å². The minimum absolute atomic E-state index is 0.207. The number of benzene rings is 1. The minimum atomic E-state index is 0.207. The van der Waals surface area contributed by atoms with Crippen LogP contribution >= 0.6 is 0 Å². The molecule has 0 saturated carbocycles. The second-order valence-corrected chi connectivity index (χ2v) is 7.30. The Bertz CT molecular complexity index is 463. The van der Waals surface area contributed by atoms with Crippen molar-refractivity contribution in [3.63, 3.8) is 0 Å². The van der Waals surface area contributed by atoms with E-state index in [0.29, 0.717) is 25.4 Å². The maximum Gasteiger partial charge on any atom is 0.222 e. The van der Waals surface area contributed by atoms with Gasteiger partial charge in [-0.2, -0.15) is 0 Å². The molecule has 0 aliphatic heterocycles. The fraction of sp³-hybridized carbons (Fsp3) is 0.611. The quantitative estimate of drug-likeness (QED) is 0.870. The van der Waals surface area contributed by atoms with Crippen molar-refractivity contribution >= 4 is 5.91 Å². The van der Waals surface area contributed by atoms with Crippen molar-refractivity contribution in [2.24, 2.45) is 17.1 Å². The predicted molar refractivity (Wildman–Crippen MR) is 88.7 cm³/mol. The monoisotopic (exact) mass is 290 g/mol. The average molecular weight is 290 g/mol. The van der Waals surface area contributed by atoms with Gasteiger partial charge in [0.1, 0.15) is 0 Å². The topological polar surface area (TPSA) is 46.3 Å². The lowest BCUT2D eigenvalue weighted by Crippen LogP contribution is -2.29. The first-order chi connectivity index (χ1) is 9.73. The SMILES string of the molecule is CC(CC(=O)N(C)Cc1ccccc1CN)CC(C)(C)C. The van der Waals surface area contributed by atoms with Crippen LogP contribution in [0.4, 0.5) is 0 Å². The van der Waals surface area contributed by atoms with Gasteiger partial charge in [0.05, 0.1) is 0 Å². The zero-order valence-electron chi connectivity index (χ0n) is 14.1. The Kier molecular flexibility index (Phi) is 6.41. The van der Waals surface area contributed by atoms with E-state index in [-0.39, 0.29) is 11.3 Å². The number of rotatable bonds is 6. The van der Waals surface area contributed by atoms with Crippen LogP contribution < -0.4 is 5.73 Å². The van der Waals surface area contributed by atoms with Crippen molar-refractivity contribution in [2.75, 3.05) is 7.05 Å². The number of nitrogens with two attached hydrogens (primary N) is 1. The van der Waals surface area contributed by atoms with Crippen molar-refractivity contribution in [3.05, 3.63) is 35.4 Å². The van der Waals surface area contributed by atoms with Gasteiger partial charge in [-0.15, -0.1) is 0 Å².